The van der Waals surface area contributed by atoms with E-state index in [1.165, 1.54) is 6.07 Å². The lowest BCUT2D eigenvalue weighted by Gasteiger charge is -2.05. The van der Waals surface area contributed by atoms with Crippen LogP contribution in [0.5, 0.6) is 0 Å². The standard InChI is InChI=1S/C16H11N3O2/c17-10-12-4-6-13(7-5-12)11-18-9-8-14-15(18)2-1-3-16(14)19(20)21/h1-9H,11H2. The zero-order chi connectivity index (χ0) is 14.8. The maximum atomic E-state index is 11.0. The van der Waals surface area contributed by atoms with E-state index in [2.05, 4.69) is 6.07 Å². The molecule has 5 heteroatoms. The van der Waals surface area contributed by atoms with Crippen molar-refractivity contribution in [3.63, 3.8) is 0 Å². The highest BCUT2D eigenvalue weighted by Crippen LogP contribution is 2.26. The van der Waals surface area contributed by atoms with Crippen molar-refractivity contribution in [1.29, 1.82) is 5.26 Å². The van der Waals surface area contributed by atoms with Crippen molar-refractivity contribution in [2.24, 2.45) is 0 Å². The van der Waals surface area contributed by atoms with E-state index < -0.39 is 0 Å². The molecule has 102 valence electrons. The number of nitrogens with zero attached hydrogens (tertiary/aromatic N) is 3. The third-order valence-electron chi connectivity index (χ3n) is 3.42. The van der Waals surface area contributed by atoms with E-state index in [1.54, 1.807) is 24.3 Å². The highest BCUT2D eigenvalue weighted by atomic mass is 16.6. The Balaban J connectivity index is 1.99. The molecule has 0 unspecified atom stereocenters. The molecule has 5 nitrogen and oxygen atoms in total. The fraction of sp³-hybridized carbons (Fsp3) is 0.0625. The molecule has 1 aromatic heterocycles. The van der Waals surface area contributed by atoms with Gasteiger partial charge in [0.15, 0.2) is 0 Å². The van der Waals surface area contributed by atoms with E-state index in [-0.39, 0.29) is 10.6 Å². The van der Waals surface area contributed by atoms with Crippen molar-refractivity contribution in [3.8, 4) is 6.07 Å². The molecule has 0 aliphatic rings. The van der Waals surface area contributed by atoms with Crippen LogP contribution in [0.2, 0.25) is 0 Å². The van der Waals surface area contributed by atoms with Crippen LogP contribution < -0.4 is 0 Å². The quantitative estimate of drug-likeness (QED) is 0.543. The lowest BCUT2D eigenvalue weighted by Crippen LogP contribution is -1.98. The highest BCUT2D eigenvalue weighted by molar-refractivity contribution is 5.89. The third kappa shape index (κ3) is 2.35. The molecule has 0 aliphatic heterocycles. The number of non-ortho nitro benzene ring substituents is 1. The van der Waals surface area contributed by atoms with Gasteiger partial charge in [-0.3, -0.25) is 10.1 Å². The molecule has 3 rings (SSSR count). The summed E-state index contributed by atoms with van der Waals surface area (Å²) in [5.41, 5.74) is 2.60. The van der Waals surface area contributed by atoms with Gasteiger partial charge in [0, 0.05) is 18.8 Å². The molecule has 0 radical (unpaired) electrons. The van der Waals surface area contributed by atoms with Gasteiger partial charge in [-0.1, -0.05) is 18.2 Å². The molecule has 1 heterocycles. The van der Waals surface area contributed by atoms with Gasteiger partial charge in [-0.25, -0.2) is 0 Å². The van der Waals surface area contributed by atoms with Crippen molar-refractivity contribution in [2.45, 2.75) is 6.54 Å². The van der Waals surface area contributed by atoms with E-state index in [0.29, 0.717) is 17.5 Å². The van der Waals surface area contributed by atoms with Gasteiger partial charge in [0.25, 0.3) is 5.69 Å². The van der Waals surface area contributed by atoms with Crippen LogP contribution in [-0.2, 0) is 6.54 Å². The molecule has 0 atom stereocenters. The Labute approximate surface area is 120 Å². The van der Waals surface area contributed by atoms with Crippen LogP contribution in [0, 0.1) is 21.4 Å². The summed E-state index contributed by atoms with van der Waals surface area (Å²) < 4.78 is 1.96. The first kappa shape index (κ1) is 12.9. The smallest absolute Gasteiger partial charge is 0.278 e. The summed E-state index contributed by atoms with van der Waals surface area (Å²) in [4.78, 5) is 10.7. The van der Waals surface area contributed by atoms with Gasteiger partial charge in [-0.15, -0.1) is 0 Å². The van der Waals surface area contributed by atoms with Crippen molar-refractivity contribution >= 4 is 16.6 Å². The molecular formula is C16H11N3O2. The number of nitro benzene ring substituents is 1. The van der Waals surface area contributed by atoms with Gasteiger partial charge in [0.1, 0.15) is 0 Å². The molecule has 2 aromatic carbocycles. The zero-order valence-corrected chi connectivity index (χ0v) is 11.1. The number of hydrogen-bond donors (Lipinski definition) is 0. The summed E-state index contributed by atoms with van der Waals surface area (Å²) in [5.74, 6) is 0. The second-order valence-corrected chi connectivity index (χ2v) is 4.72. The van der Waals surface area contributed by atoms with E-state index in [1.807, 2.05) is 29.0 Å². The first-order valence-corrected chi connectivity index (χ1v) is 6.40. The Morgan fingerprint density at radius 2 is 1.90 bits per heavy atom. The monoisotopic (exact) mass is 277 g/mol. The van der Waals surface area contributed by atoms with Crippen molar-refractivity contribution in [2.75, 3.05) is 0 Å². The average Bonchev–Trinajstić information content (AvgIpc) is 2.91. The van der Waals surface area contributed by atoms with E-state index >= 15 is 0 Å². The fourth-order valence-electron chi connectivity index (χ4n) is 2.39. The maximum Gasteiger partial charge on any atom is 0.278 e. The van der Waals surface area contributed by atoms with Crippen LogP contribution in [-0.4, -0.2) is 9.49 Å². The number of rotatable bonds is 3. The van der Waals surface area contributed by atoms with Crippen LogP contribution in [0.4, 0.5) is 5.69 Å². The number of aromatic nitrogens is 1. The van der Waals surface area contributed by atoms with Crippen molar-refractivity contribution in [1.82, 2.24) is 4.57 Å². The first-order chi connectivity index (χ1) is 10.2. The molecule has 0 saturated heterocycles. The minimum Gasteiger partial charge on any atom is -0.343 e. The predicted molar refractivity (Wildman–Crippen MR) is 78.9 cm³/mol. The van der Waals surface area contributed by atoms with Crippen LogP contribution in [0.3, 0.4) is 0 Å². The van der Waals surface area contributed by atoms with Crippen molar-refractivity contribution < 1.29 is 4.92 Å². The van der Waals surface area contributed by atoms with Crippen LogP contribution in [0.15, 0.2) is 54.7 Å². The SMILES string of the molecule is N#Cc1ccc(Cn2ccc3c([N+](=O)[O-])cccc32)cc1. The third-order valence-corrected chi connectivity index (χ3v) is 3.42. The lowest BCUT2D eigenvalue weighted by molar-refractivity contribution is -0.383. The van der Waals surface area contributed by atoms with E-state index in [9.17, 15) is 10.1 Å². The summed E-state index contributed by atoms with van der Waals surface area (Å²) in [7, 11) is 0. The summed E-state index contributed by atoms with van der Waals surface area (Å²) in [6.45, 7) is 0.608. The normalized spacial score (nSPS) is 10.4. The Hall–Kier alpha value is -3.13. The molecule has 0 saturated carbocycles. The fourth-order valence-corrected chi connectivity index (χ4v) is 2.39. The second-order valence-electron chi connectivity index (χ2n) is 4.72. The lowest BCUT2D eigenvalue weighted by atomic mass is 10.1. The molecule has 0 amide bonds. The van der Waals surface area contributed by atoms with Crippen molar-refractivity contribution in [3.05, 3.63) is 76.0 Å². The molecule has 21 heavy (non-hydrogen) atoms. The van der Waals surface area contributed by atoms with E-state index in [4.69, 9.17) is 5.26 Å². The maximum absolute atomic E-state index is 11.0. The Morgan fingerprint density at radius 1 is 1.14 bits per heavy atom. The summed E-state index contributed by atoms with van der Waals surface area (Å²) in [6, 6.07) is 16.2. The molecule has 0 spiro atoms. The first-order valence-electron chi connectivity index (χ1n) is 6.40. The zero-order valence-electron chi connectivity index (χ0n) is 11.1. The Bertz CT molecular complexity index is 857. The van der Waals surface area contributed by atoms with Gasteiger partial charge < -0.3 is 4.57 Å². The van der Waals surface area contributed by atoms with Crippen LogP contribution in [0.1, 0.15) is 11.1 Å². The van der Waals surface area contributed by atoms with Gasteiger partial charge in [0.05, 0.1) is 27.5 Å². The summed E-state index contributed by atoms with van der Waals surface area (Å²) >= 11 is 0. The second kappa shape index (κ2) is 5.10. The minimum atomic E-state index is -0.367. The molecule has 0 fully saturated rings. The Kier molecular flexibility index (Phi) is 3.13. The largest absolute Gasteiger partial charge is 0.343 e. The molecular weight excluding hydrogens is 266 g/mol. The average molecular weight is 277 g/mol. The Morgan fingerprint density at radius 3 is 2.57 bits per heavy atom. The summed E-state index contributed by atoms with van der Waals surface area (Å²) in [5, 5.41) is 20.4. The topological polar surface area (TPSA) is 71.9 Å². The van der Waals surface area contributed by atoms with Gasteiger partial charge >= 0.3 is 0 Å². The molecule has 3 aromatic rings. The van der Waals surface area contributed by atoms with Gasteiger partial charge in [0.2, 0.25) is 0 Å². The summed E-state index contributed by atoms with van der Waals surface area (Å²) in [6.07, 6.45) is 1.84. The van der Waals surface area contributed by atoms with Crippen LogP contribution in [0.25, 0.3) is 10.9 Å². The highest BCUT2D eigenvalue weighted by Gasteiger charge is 2.13. The minimum absolute atomic E-state index is 0.117. The molecule has 0 bridgehead atoms. The number of nitriles is 1. The number of hydrogen-bond acceptors (Lipinski definition) is 3. The predicted octanol–water partition coefficient (Wildman–Crippen LogP) is 3.47. The van der Waals surface area contributed by atoms with Gasteiger partial charge in [-0.05, 0) is 29.8 Å². The van der Waals surface area contributed by atoms with Gasteiger partial charge in [-0.2, -0.15) is 5.26 Å². The number of nitro groups is 1. The van der Waals surface area contributed by atoms with Crippen LogP contribution >= 0.6 is 0 Å². The molecule has 0 aliphatic carbocycles. The number of fused-ring (bicyclic) bond motifs is 1. The number of benzene rings is 2. The molecule has 0 N–H and O–H groups in total. The van der Waals surface area contributed by atoms with E-state index in [0.717, 1.165) is 11.1 Å².